The second-order valence-electron chi connectivity index (χ2n) is 10.2. The molecule has 2 aliphatic rings. The van der Waals surface area contributed by atoms with E-state index in [-0.39, 0.29) is 17.6 Å². The second kappa shape index (κ2) is 14.1. The zero-order valence-electron chi connectivity index (χ0n) is 24.2. The van der Waals surface area contributed by atoms with Gasteiger partial charge >= 0.3 is 0 Å². The van der Waals surface area contributed by atoms with Gasteiger partial charge in [-0.15, -0.1) is 0 Å². The molecule has 0 saturated carbocycles. The Morgan fingerprint density at radius 1 is 0.844 bits per heavy atom. The van der Waals surface area contributed by atoms with Crippen molar-refractivity contribution in [1.82, 2.24) is 0 Å². The number of aliphatic hydroxyl groups is 5. The number of aliphatic hydroxyl groups excluding tert-OH is 5. The van der Waals surface area contributed by atoms with Crippen LogP contribution in [0.15, 0.2) is 33.5 Å². The van der Waals surface area contributed by atoms with E-state index in [1.807, 2.05) is 13.8 Å². The summed E-state index contributed by atoms with van der Waals surface area (Å²) in [6, 6.07) is 3.78. The van der Waals surface area contributed by atoms with Gasteiger partial charge in [0.05, 0.1) is 31.5 Å². The van der Waals surface area contributed by atoms with Crippen molar-refractivity contribution in [3.8, 4) is 45.8 Å². The molecule has 16 heteroatoms. The lowest BCUT2D eigenvalue weighted by Crippen LogP contribution is -2.54. The van der Waals surface area contributed by atoms with Crippen LogP contribution in [-0.2, 0) is 14.2 Å². The molecule has 2 aliphatic heterocycles. The number of phenolic OH excluding ortho intramolecular Hbond substituents is 5. The molecule has 10 N–H and O–H groups in total. The standard InChI is InChI=1S/C27H30O16.C2H6/c28-7-11-5-15(33)23(37)27(40-11)39-8-18-22(36)16(34)6-19(41-18)43-26-24(38)20-12(30)3-10(29)4-17(20)42-25(26)9-1-13(31)21(35)14(32)2-9;1-2/h1-4,11,15-16,18-19,22-23,27-37H,5-8H2;1-2H3. The van der Waals surface area contributed by atoms with Crippen molar-refractivity contribution < 1.29 is 74.4 Å². The molecule has 45 heavy (non-hydrogen) atoms. The number of rotatable bonds is 7. The zero-order valence-corrected chi connectivity index (χ0v) is 24.2. The Balaban J connectivity index is 0.00000226. The topological polar surface area (TPSA) is 269 Å². The predicted octanol–water partition coefficient (Wildman–Crippen LogP) is 0.0755. The third-order valence-corrected chi connectivity index (χ3v) is 7.17. The van der Waals surface area contributed by atoms with Gasteiger partial charge in [-0.05, 0) is 12.1 Å². The highest BCUT2D eigenvalue weighted by molar-refractivity contribution is 5.88. The lowest BCUT2D eigenvalue weighted by molar-refractivity contribution is -0.294. The van der Waals surface area contributed by atoms with Crippen LogP contribution in [0, 0.1) is 0 Å². The van der Waals surface area contributed by atoms with Crippen molar-refractivity contribution in [1.29, 1.82) is 0 Å². The number of fused-ring (bicyclic) bond motifs is 1. The Bertz CT molecular complexity index is 1520. The first-order chi connectivity index (χ1) is 21.4. The molecule has 0 spiro atoms. The molecule has 8 atom stereocenters. The van der Waals surface area contributed by atoms with Gasteiger partial charge in [0.2, 0.25) is 17.5 Å². The molecule has 16 nitrogen and oxygen atoms in total. The summed E-state index contributed by atoms with van der Waals surface area (Å²) in [5, 5.41) is 100. The molecular formula is C29H36O16. The minimum atomic E-state index is -1.54. The molecule has 3 aromatic rings. The van der Waals surface area contributed by atoms with Crippen molar-refractivity contribution in [2.45, 2.75) is 75.9 Å². The summed E-state index contributed by atoms with van der Waals surface area (Å²) in [7, 11) is 0. The SMILES string of the molecule is CC.O=c1c(OC2CC(O)C(O)C(COC3OC(CO)CC(O)C3O)O2)c(-c2cc(O)c(O)c(O)c2)oc2cc(O)cc(O)c12. The molecule has 248 valence electrons. The van der Waals surface area contributed by atoms with Gasteiger partial charge in [0, 0.05) is 30.5 Å². The minimum Gasteiger partial charge on any atom is -0.508 e. The van der Waals surface area contributed by atoms with Crippen LogP contribution in [-0.4, -0.2) is 113 Å². The number of benzene rings is 2. The third-order valence-electron chi connectivity index (χ3n) is 7.17. The molecule has 5 rings (SSSR count). The average molecular weight is 641 g/mol. The summed E-state index contributed by atoms with van der Waals surface area (Å²) in [4.78, 5) is 13.6. The molecule has 2 fully saturated rings. The third kappa shape index (κ3) is 7.03. The average Bonchev–Trinajstić information content (AvgIpc) is 3.00. The summed E-state index contributed by atoms with van der Waals surface area (Å²) in [6.45, 7) is 3.03. The van der Waals surface area contributed by atoms with Gasteiger partial charge in [-0.2, -0.15) is 0 Å². The molecule has 0 radical (unpaired) electrons. The highest BCUT2D eigenvalue weighted by Gasteiger charge is 2.42. The van der Waals surface area contributed by atoms with Crippen LogP contribution in [0.2, 0.25) is 0 Å². The van der Waals surface area contributed by atoms with E-state index >= 15 is 0 Å². The highest BCUT2D eigenvalue weighted by Crippen LogP contribution is 2.43. The summed E-state index contributed by atoms with van der Waals surface area (Å²) >= 11 is 0. The Kier molecular flexibility index (Phi) is 10.6. The molecule has 2 saturated heterocycles. The molecular weight excluding hydrogens is 604 g/mol. The monoisotopic (exact) mass is 640 g/mol. The molecule has 8 unspecified atom stereocenters. The van der Waals surface area contributed by atoms with Crippen LogP contribution in [0.3, 0.4) is 0 Å². The second-order valence-corrected chi connectivity index (χ2v) is 10.2. The van der Waals surface area contributed by atoms with E-state index < -0.39 is 120 Å². The van der Waals surface area contributed by atoms with Crippen molar-refractivity contribution in [3.05, 3.63) is 34.5 Å². The maximum absolute atomic E-state index is 13.6. The Morgan fingerprint density at radius 3 is 2.13 bits per heavy atom. The number of phenols is 5. The number of ether oxygens (including phenoxy) is 4. The normalized spacial score (nSPS) is 28.3. The van der Waals surface area contributed by atoms with Gasteiger partial charge < -0.3 is 74.4 Å². The molecule has 3 heterocycles. The lowest BCUT2D eigenvalue weighted by Gasteiger charge is -2.39. The van der Waals surface area contributed by atoms with Crippen molar-refractivity contribution >= 4 is 11.0 Å². The smallest absolute Gasteiger partial charge is 0.239 e. The summed E-state index contributed by atoms with van der Waals surface area (Å²) < 4.78 is 28.1. The van der Waals surface area contributed by atoms with Gasteiger partial charge in [0.25, 0.3) is 0 Å². The largest absolute Gasteiger partial charge is 0.508 e. The highest BCUT2D eigenvalue weighted by atomic mass is 16.7. The van der Waals surface area contributed by atoms with E-state index in [1.165, 1.54) is 0 Å². The first-order valence-corrected chi connectivity index (χ1v) is 14.1. The van der Waals surface area contributed by atoms with E-state index in [0.717, 1.165) is 24.3 Å². The van der Waals surface area contributed by atoms with Crippen LogP contribution in [0.25, 0.3) is 22.3 Å². The summed E-state index contributed by atoms with van der Waals surface area (Å²) in [5.41, 5.74) is -1.47. The number of hydrogen-bond acceptors (Lipinski definition) is 16. The van der Waals surface area contributed by atoms with E-state index in [9.17, 15) is 55.9 Å². The fourth-order valence-electron chi connectivity index (χ4n) is 4.92. The maximum Gasteiger partial charge on any atom is 0.239 e. The van der Waals surface area contributed by atoms with Crippen LogP contribution in [0.4, 0.5) is 0 Å². The predicted molar refractivity (Wildman–Crippen MR) is 152 cm³/mol. The van der Waals surface area contributed by atoms with Crippen molar-refractivity contribution in [2.24, 2.45) is 0 Å². The van der Waals surface area contributed by atoms with Gasteiger partial charge in [-0.3, -0.25) is 4.79 Å². The molecule has 0 amide bonds. The molecule has 0 bridgehead atoms. The summed E-state index contributed by atoms with van der Waals surface area (Å²) in [6.07, 6.45) is -11.3. The Labute approximate surface area is 255 Å². The van der Waals surface area contributed by atoms with E-state index in [2.05, 4.69) is 0 Å². The van der Waals surface area contributed by atoms with Gasteiger partial charge in [-0.25, -0.2) is 0 Å². The first kappa shape index (κ1) is 34.0. The van der Waals surface area contributed by atoms with Crippen molar-refractivity contribution in [2.75, 3.05) is 13.2 Å². The van der Waals surface area contributed by atoms with Crippen LogP contribution < -0.4 is 10.2 Å². The van der Waals surface area contributed by atoms with Crippen LogP contribution >= 0.6 is 0 Å². The maximum atomic E-state index is 13.6. The van der Waals surface area contributed by atoms with Gasteiger partial charge in [0.1, 0.15) is 40.8 Å². The number of aromatic hydroxyl groups is 5. The van der Waals surface area contributed by atoms with Crippen molar-refractivity contribution in [3.63, 3.8) is 0 Å². The zero-order chi connectivity index (χ0) is 33.2. The summed E-state index contributed by atoms with van der Waals surface area (Å²) in [5.74, 6) is -4.62. The fourth-order valence-corrected chi connectivity index (χ4v) is 4.92. The van der Waals surface area contributed by atoms with Crippen LogP contribution in [0.5, 0.6) is 34.5 Å². The molecule has 2 aromatic carbocycles. The molecule has 1 aromatic heterocycles. The van der Waals surface area contributed by atoms with Gasteiger partial charge in [-0.1, -0.05) is 13.8 Å². The Hall–Kier alpha value is -3.87. The number of hydrogen-bond donors (Lipinski definition) is 10. The van der Waals surface area contributed by atoms with E-state index in [0.29, 0.717) is 0 Å². The fraction of sp³-hybridized carbons (Fsp3) is 0.483. The first-order valence-electron chi connectivity index (χ1n) is 14.1. The van der Waals surface area contributed by atoms with E-state index in [4.69, 9.17) is 23.4 Å². The van der Waals surface area contributed by atoms with Crippen LogP contribution in [0.1, 0.15) is 26.7 Å². The minimum absolute atomic E-state index is 0.0445. The van der Waals surface area contributed by atoms with E-state index in [1.54, 1.807) is 0 Å². The lowest BCUT2D eigenvalue weighted by atomic mass is 10.0. The quantitative estimate of drug-likeness (QED) is 0.153. The Morgan fingerprint density at radius 2 is 1.49 bits per heavy atom. The molecule has 0 aliphatic carbocycles. The van der Waals surface area contributed by atoms with Gasteiger partial charge in [0.15, 0.2) is 29.3 Å².